The van der Waals surface area contributed by atoms with Gasteiger partial charge in [-0.3, -0.25) is 9.59 Å². The van der Waals surface area contributed by atoms with Crippen LogP contribution in [0.3, 0.4) is 0 Å². The highest BCUT2D eigenvalue weighted by Gasteiger charge is 2.24. The fourth-order valence-corrected chi connectivity index (χ4v) is 3.11. The van der Waals surface area contributed by atoms with E-state index in [0.717, 1.165) is 30.0 Å². The third-order valence-corrected chi connectivity index (χ3v) is 4.74. The molecule has 1 atom stereocenters. The lowest BCUT2D eigenvalue weighted by Gasteiger charge is -2.23. The maximum atomic E-state index is 12.7. The molecule has 0 aliphatic rings. The smallest absolute Gasteiger partial charge is 0.247 e. The molecule has 2 rings (SSSR count). The second-order valence-electron chi connectivity index (χ2n) is 7.16. The molecule has 2 aromatic rings. The van der Waals surface area contributed by atoms with Gasteiger partial charge >= 0.3 is 0 Å². The second-order valence-corrected chi connectivity index (χ2v) is 7.16. The lowest BCUT2D eigenvalue weighted by atomic mass is 10.0. The highest BCUT2D eigenvalue weighted by atomic mass is 16.2. The van der Waals surface area contributed by atoms with Gasteiger partial charge in [-0.15, -0.1) is 0 Å². The molecule has 0 aliphatic heterocycles. The average molecular weight is 382 g/mol. The van der Waals surface area contributed by atoms with Crippen LogP contribution in [0.15, 0.2) is 54.6 Å². The molecule has 0 radical (unpaired) electrons. The van der Waals surface area contributed by atoms with E-state index in [0.29, 0.717) is 0 Å². The summed E-state index contributed by atoms with van der Waals surface area (Å²) < 4.78 is 0. The van der Waals surface area contributed by atoms with Gasteiger partial charge in [0.1, 0.15) is 6.04 Å². The molecule has 0 saturated carbocycles. The molecule has 2 N–H and O–H groups in total. The van der Waals surface area contributed by atoms with Crippen molar-refractivity contribution in [3.63, 3.8) is 0 Å². The van der Waals surface area contributed by atoms with Gasteiger partial charge in [0.2, 0.25) is 11.8 Å². The van der Waals surface area contributed by atoms with Crippen LogP contribution in [0.5, 0.6) is 0 Å². The normalized spacial score (nSPS) is 11.8. The van der Waals surface area contributed by atoms with Crippen molar-refractivity contribution in [2.45, 2.75) is 40.2 Å². The summed E-state index contributed by atoms with van der Waals surface area (Å²) in [6.07, 6.45) is 0.260. The van der Waals surface area contributed by atoms with E-state index in [9.17, 15) is 9.59 Å². The van der Waals surface area contributed by atoms with Crippen molar-refractivity contribution in [2.24, 2.45) is 5.92 Å². The number of anilines is 2. The molecule has 0 bridgehead atoms. The predicted molar refractivity (Wildman–Crippen MR) is 116 cm³/mol. The van der Waals surface area contributed by atoms with Crippen LogP contribution in [-0.2, 0) is 16.0 Å². The summed E-state index contributed by atoms with van der Waals surface area (Å²) in [6.45, 7) is 9.96. The van der Waals surface area contributed by atoms with Crippen molar-refractivity contribution >= 4 is 23.2 Å². The molecule has 0 saturated heterocycles. The molecule has 28 heavy (non-hydrogen) atoms. The molecule has 0 fully saturated rings. The minimum atomic E-state index is -0.585. The topological polar surface area (TPSA) is 61.4 Å². The third kappa shape index (κ3) is 6.12. The highest BCUT2D eigenvalue weighted by molar-refractivity contribution is 5.97. The summed E-state index contributed by atoms with van der Waals surface area (Å²) in [7, 11) is 0. The van der Waals surface area contributed by atoms with Gasteiger partial charge in [-0.1, -0.05) is 44.2 Å². The lowest BCUT2D eigenvalue weighted by Crippen LogP contribution is -2.47. The molecule has 0 spiro atoms. The first kappa shape index (κ1) is 21.5. The standard InChI is InChI=1S/C23H31N3O2/c1-5-26(6-2)20-14-12-19(13-15-20)24-23(28)22(17(3)4)25-21(27)16-18-10-8-7-9-11-18/h7-15,17,22H,5-6,16H2,1-4H3,(H,24,28)(H,25,27). The molecule has 150 valence electrons. The van der Waals surface area contributed by atoms with Crippen LogP contribution >= 0.6 is 0 Å². The van der Waals surface area contributed by atoms with E-state index >= 15 is 0 Å². The summed E-state index contributed by atoms with van der Waals surface area (Å²) in [5.74, 6) is -0.376. The van der Waals surface area contributed by atoms with Crippen LogP contribution in [0.4, 0.5) is 11.4 Å². The Kier molecular flexibility index (Phi) is 8.05. The Hall–Kier alpha value is -2.82. The van der Waals surface area contributed by atoms with E-state index in [4.69, 9.17) is 0 Å². The van der Waals surface area contributed by atoms with Crippen molar-refractivity contribution in [1.29, 1.82) is 0 Å². The van der Waals surface area contributed by atoms with E-state index in [1.54, 1.807) is 0 Å². The van der Waals surface area contributed by atoms with Crippen LogP contribution < -0.4 is 15.5 Å². The Morgan fingerprint density at radius 1 is 0.929 bits per heavy atom. The van der Waals surface area contributed by atoms with Crippen LogP contribution in [0.2, 0.25) is 0 Å². The minimum absolute atomic E-state index is 0.0188. The summed E-state index contributed by atoms with van der Waals surface area (Å²) in [5.41, 5.74) is 2.78. The van der Waals surface area contributed by atoms with Gasteiger partial charge in [0, 0.05) is 24.5 Å². The predicted octanol–water partition coefficient (Wildman–Crippen LogP) is 3.85. The van der Waals surface area contributed by atoms with E-state index in [2.05, 4.69) is 29.4 Å². The third-order valence-electron chi connectivity index (χ3n) is 4.74. The molecule has 2 amide bonds. The van der Waals surface area contributed by atoms with Crippen LogP contribution in [0, 0.1) is 5.92 Å². The van der Waals surface area contributed by atoms with Crippen molar-refractivity contribution in [1.82, 2.24) is 5.32 Å². The van der Waals surface area contributed by atoms with E-state index < -0.39 is 6.04 Å². The molecule has 2 aromatic carbocycles. The summed E-state index contributed by atoms with van der Waals surface area (Å²) in [6, 6.07) is 16.7. The zero-order valence-corrected chi connectivity index (χ0v) is 17.2. The fraction of sp³-hybridized carbons (Fsp3) is 0.391. The molecule has 5 nitrogen and oxygen atoms in total. The van der Waals surface area contributed by atoms with E-state index in [1.807, 2.05) is 68.4 Å². The maximum Gasteiger partial charge on any atom is 0.247 e. The Bertz CT molecular complexity index is 753. The summed E-state index contributed by atoms with van der Waals surface area (Å²) in [4.78, 5) is 27.4. The summed E-state index contributed by atoms with van der Waals surface area (Å²) >= 11 is 0. The number of rotatable bonds is 9. The average Bonchev–Trinajstić information content (AvgIpc) is 2.69. The Labute approximate surface area is 168 Å². The van der Waals surface area contributed by atoms with E-state index in [-0.39, 0.29) is 24.2 Å². The van der Waals surface area contributed by atoms with E-state index in [1.165, 1.54) is 0 Å². The number of carbonyl (C=O) groups excluding carboxylic acids is 2. The summed E-state index contributed by atoms with van der Waals surface area (Å²) in [5, 5.41) is 5.80. The number of benzene rings is 2. The first-order valence-corrected chi connectivity index (χ1v) is 9.93. The molecule has 1 unspecified atom stereocenters. The van der Waals surface area contributed by atoms with Crippen molar-refractivity contribution in [2.75, 3.05) is 23.3 Å². The van der Waals surface area contributed by atoms with Gasteiger partial charge < -0.3 is 15.5 Å². The van der Waals surface area contributed by atoms with Gasteiger partial charge in [0.15, 0.2) is 0 Å². The van der Waals surface area contributed by atoms with Crippen LogP contribution in [-0.4, -0.2) is 30.9 Å². The Morgan fingerprint density at radius 3 is 2.07 bits per heavy atom. The van der Waals surface area contributed by atoms with Gasteiger partial charge in [-0.2, -0.15) is 0 Å². The number of hydrogen-bond donors (Lipinski definition) is 2. The maximum absolute atomic E-state index is 12.7. The molecular formula is C23H31N3O2. The highest BCUT2D eigenvalue weighted by Crippen LogP contribution is 2.18. The monoisotopic (exact) mass is 381 g/mol. The molecular weight excluding hydrogens is 350 g/mol. The Balaban J connectivity index is 1.99. The first-order chi connectivity index (χ1) is 13.4. The minimum Gasteiger partial charge on any atom is -0.372 e. The van der Waals surface area contributed by atoms with Crippen molar-refractivity contribution in [3.05, 3.63) is 60.2 Å². The largest absolute Gasteiger partial charge is 0.372 e. The van der Waals surface area contributed by atoms with Gasteiger partial charge in [-0.25, -0.2) is 0 Å². The molecule has 0 aromatic heterocycles. The number of amides is 2. The first-order valence-electron chi connectivity index (χ1n) is 9.93. The Morgan fingerprint density at radius 2 is 1.54 bits per heavy atom. The van der Waals surface area contributed by atoms with Crippen LogP contribution in [0.25, 0.3) is 0 Å². The van der Waals surface area contributed by atoms with Gasteiger partial charge in [-0.05, 0) is 49.6 Å². The number of hydrogen-bond acceptors (Lipinski definition) is 3. The van der Waals surface area contributed by atoms with Crippen LogP contribution in [0.1, 0.15) is 33.3 Å². The number of nitrogens with zero attached hydrogens (tertiary/aromatic N) is 1. The zero-order valence-electron chi connectivity index (χ0n) is 17.2. The van der Waals surface area contributed by atoms with Crippen molar-refractivity contribution < 1.29 is 9.59 Å². The second kappa shape index (κ2) is 10.5. The molecule has 0 heterocycles. The van der Waals surface area contributed by atoms with Gasteiger partial charge in [0.25, 0.3) is 0 Å². The lowest BCUT2D eigenvalue weighted by molar-refractivity contribution is -0.127. The zero-order chi connectivity index (χ0) is 20.5. The van der Waals surface area contributed by atoms with Gasteiger partial charge in [0.05, 0.1) is 6.42 Å². The fourth-order valence-electron chi connectivity index (χ4n) is 3.11. The van der Waals surface area contributed by atoms with Crippen molar-refractivity contribution in [3.8, 4) is 0 Å². The number of carbonyl (C=O) groups is 2. The SMILES string of the molecule is CCN(CC)c1ccc(NC(=O)C(NC(=O)Cc2ccccc2)C(C)C)cc1. The number of nitrogens with one attached hydrogen (secondary N) is 2. The quantitative estimate of drug-likeness (QED) is 0.693. The molecule has 0 aliphatic carbocycles. The molecule has 5 heteroatoms.